The lowest BCUT2D eigenvalue weighted by atomic mass is 9.99. The van der Waals surface area contributed by atoms with E-state index in [4.69, 9.17) is 15.0 Å². The predicted molar refractivity (Wildman–Crippen MR) is 95.3 cm³/mol. The molecule has 3 rings (SSSR count). The largest absolute Gasteiger partial charge is 0.497 e. The second-order valence-corrected chi connectivity index (χ2v) is 5.94. The van der Waals surface area contributed by atoms with Crippen LogP contribution in [0.25, 0.3) is 11.4 Å². The summed E-state index contributed by atoms with van der Waals surface area (Å²) in [5.74, 6) is 2.10. The Kier molecular flexibility index (Phi) is 7.02. The molecule has 2 heterocycles. The number of aromatic nitrogens is 2. The van der Waals surface area contributed by atoms with E-state index >= 15 is 0 Å². The van der Waals surface area contributed by atoms with E-state index in [0.29, 0.717) is 24.3 Å². The van der Waals surface area contributed by atoms with Gasteiger partial charge in [0, 0.05) is 11.6 Å². The molecule has 1 unspecified atom stereocenters. The summed E-state index contributed by atoms with van der Waals surface area (Å²) in [6, 6.07) is 8.20. The maximum atomic E-state index is 5.73. The van der Waals surface area contributed by atoms with Crippen molar-refractivity contribution < 1.29 is 9.26 Å². The highest BCUT2D eigenvalue weighted by Crippen LogP contribution is 2.23. The third-order valence-corrected chi connectivity index (χ3v) is 4.40. The Morgan fingerprint density at radius 2 is 2.08 bits per heavy atom. The Bertz CT molecular complexity index is 615. The number of methoxy groups -OCH3 is 1. The normalized spacial score (nSPS) is 18.2. The van der Waals surface area contributed by atoms with Crippen molar-refractivity contribution in [3.8, 4) is 17.1 Å². The second kappa shape index (κ2) is 9.01. The Morgan fingerprint density at radius 3 is 2.79 bits per heavy atom. The fourth-order valence-electron chi connectivity index (χ4n) is 3.14. The Hall–Kier alpha value is -1.63. The van der Waals surface area contributed by atoms with E-state index < -0.39 is 0 Å². The van der Waals surface area contributed by atoms with Gasteiger partial charge in [-0.05, 0) is 56.6 Å². The third-order valence-electron chi connectivity index (χ3n) is 4.40. The summed E-state index contributed by atoms with van der Waals surface area (Å²) in [6.07, 6.45) is 4.73. The van der Waals surface area contributed by atoms with Crippen LogP contribution in [0.1, 0.15) is 31.6 Å². The zero-order valence-corrected chi connectivity index (χ0v) is 14.8. The van der Waals surface area contributed by atoms with Crippen molar-refractivity contribution in [1.29, 1.82) is 0 Å². The van der Waals surface area contributed by atoms with Gasteiger partial charge in [-0.25, -0.2) is 0 Å². The van der Waals surface area contributed by atoms with Gasteiger partial charge in [0.2, 0.25) is 11.7 Å². The van der Waals surface area contributed by atoms with Crippen LogP contribution in [0.3, 0.4) is 0 Å². The molecule has 24 heavy (non-hydrogen) atoms. The molecule has 7 heteroatoms. The number of halogens is 1. The van der Waals surface area contributed by atoms with Crippen molar-refractivity contribution in [1.82, 2.24) is 15.0 Å². The van der Waals surface area contributed by atoms with Crippen LogP contribution in [-0.4, -0.2) is 41.3 Å². The van der Waals surface area contributed by atoms with Gasteiger partial charge in [0.25, 0.3) is 0 Å². The first-order valence-electron chi connectivity index (χ1n) is 8.21. The minimum Gasteiger partial charge on any atom is -0.497 e. The number of likely N-dealkylation sites (tertiary alicyclic amines) is 1. The fourth-order valence-corrected chi connectivity index (χ4v) is 3.14. The molecule has 0 radical (unpaired) electrons. The van der Waals surface area contributed by atoms with Gasteiger partial charge >= 0.3 is 0 Å². The minimum atomic E-state index is 0. The van der Waals surface area contributed by atoms with Crippen LogP contribution in [0.4, 0.5) is 0 Å². The SMILES string of the molecule is COc1ccc(-c2noc(CN3CCCCC3CCN)n2)cc1.Cl. The molecule has 0 bridgehead atoms. The Morgan fingerprint density at radius 1 is 1.29 bits per heavy atom. The van der Waals surface area contributed by atoms with E-state index in [9.17, 15) is 0 Å². The number of nitrogens with zero attached hydrogens (tertiary/aromatic N) is 3. The molecule has 0 amide bonds. The molecule has 1 fully saturated rings. The zero-order valence-electron chi connectivity index (χ0n) is 14.0. The van der Waals surface area contributed by atoms with E-state index in [1.54, 1.807) is 7.11 Å². The standard InChI is InChI=1S/C17H24N4O2.ClH/c1-22-15-7-5-13(6-8-15)17-19-16(23-20-17)12-21-11-3-2-4-14(21)9-10-18;/h5-8,14H,2-4,9-12,18H2,1H3;1H. The van der Waals surface area contributed by atoms with Gasteiger partial charge in [0.05, 0.1) is 13.7 Å². The molecular weight excluding hydrogens is 328 g/mol. The van der Waals surface area contributed by atoms with Crippen LogP contribution in [-0.2, 0) is 6.54 Å². The molecule has 2 N–H and O–H groups in total. The minimum absolute atomic E-state index is 0. The van der Waals surface area contributed by atoms with E-state index in [0.717, 1.165) is 30.8 Å². The lowest BCUT2D eigenvalue weighted by Crippen LogP contribution is -2.40. The van der Waals surface area contributed by atoms with Crippen LogP contribution in [0, 0.1) is 0 Å². The maximum Gasteiger partial charge on any atom is 0.241 e. The van der Waals surface area contributed by atoms with Crippen molar-refractivity contribution in [2.24, 2.45) is 5.73 Å². The summed E-state index contributed by atoms with van der Waals surface area (Å²) in [4.78, 5) is 6.95. The van der Waals surface area contributed by atoms with Crippen molar-refractivity contribution in [2.45, 2.75) is 38.3 Å². The highest BCUT2D eigenvalue weighted by atomic mass is 35.5. The van der Waals surface area contributed by atoms with Gasteiger partial charge in [-0.3, -0.25) is 4.90 Å². The third kappa shape index (κ3) is 4.47. The molecule has 1 aromatic carbocycles. The van der Waals surface area contributed by atoms with Gasteiger partial charge in [0.1, 0.15) is 5.75 Å². The summed E-state index contributed by atoms with van der Waals surface area (Å²) in [5.41, 5.74) is 6.66. The molecule has 1 aliphatic heterocycles. The molecule has 0 saturated carbocycles. The summed E-state index contributed by atoms with van der Waals surface area (Å²) < 4.78 is 10.6. The maximum absolute atomic E-state index is 5.73. The summed E-state index contributed by atoms with van der Waals surface area (Å²) in [6.45, 7) is 2.50. The van der Waals surface area contributed by atoms with Gasteiger partial charge in [-0.2, -0.15) is 4.98 Å². The quantitative estimate of drug-likeness (QED) is 0.861. The van der Waals surface area contributed by atoms with Crippen molar-refractivity contribution in [3.05, 3.63) is 30.2 Å². The monoisotopic (exact) mass is 352 g/mol. The number of ether oxygens (including phenoxy) is 1. The van der Waals surface area contributed by atoms with E-state index in [2.05, 4.69) is 15.0 Å². The summed E-state index contributed by atoms with van der Waals surface area (Å²) >= 11 is 0. The molecule has 132 valence electrons. The first kappa shape index (κ1) is 18.7. The first-order chi connectivity index (χ1) is 11.3. The van der Waals surface area contributed by atoms with Crippen LogP contribution >= 0.6 is 12.4 Å². The average molecular weight is 353 g/mol. The predicted octanol–water partition coefficient (Wildman–Crippen LogP) is 2.87. The first-order valence-corrected chi connectivity index (χ1v) is 8.21. The molecule has 0 spiro atoms. The summed E-state index contributed by atoms with van der Waals surface area (Å²) in [5, 5.41) is 4.10. The number of benzene rings is 1. The van der Waals surface area contributed by atoms with Crippen molar-refractivity contribution in [2.75, 3.05) is 20.2 Å². The molecule has 1 saturated heterocycles. The molecule has 1 atom stereocenters. The van der Waals surface area contributed by atoms with Crippen LogP contribution in [0.2, 0.25) is 0 Å². The van der Waals surface area contributed by atoms with Crippen LogP contribution in [0.15, 0.2) is 28.8 Å². The lowest BCUT2D eigenvalue weighted by Gasteiger charge is -2.34. The van der Waals surface area contributed by atoms with Crippen molar-refractivity contribution >= 4 is 12.4 Å². The van der Waals surface area contributed by atoms with E-state index in [1.165, 1.54) is 19.3 Å². The van der Waals surface area contributed by atoms with Crippen molar-refractivity contribution in [3.63, 3.8) is 0 Å². The average Bonchev–Trinajstić information content (AvgIpc) is 3.05. The highest BCUT2D eigenvalue weighted by molar-refractivity contribution is 5.85. The smallest absolute Gasteiger partial charge is 0.241 e. The van der Waals surface area contributed by atoms with Crippen LogP contribution < -0.4 is 10.5 Å². The topological polar surface area (TPSA) is 77.4 Å². The molecular formula is C17H25ClN4O2. The van der Waals surface area contributed by atoms with Gasteiger partial charge < -0.3 is 15.0 Å². The Balaban J connectivity index is 0.00000208. The van der Waals surface area contributed by atoms with Crippen LogP contribution in [0.5, 0.6) is 5.75 Å². The summed E-state index contributed by atoms with van der Waals surface area (Å²) in [7, 11) is 1.65. The lowest BCUT2D eigenvalue weighted by molar-refractivity contribution is 0.118. The molecule has 0 aliphatic carbocycles. The fraction of sp³-hybridized carbons (Fsp3) is 0.529. The molecule has 6 nitrogen and oxygen atoms in total. The molecule has 1 aromatic heterocycles. The van der Waals surface area contributed by atoms with Gasteiger partial charge in [-0.1, -0.05) is 11.6 Å². The second-order valence-electron chi connectivity index (χ2n) is 5.94. The number of piperidine rings is 1. The highest BCUT2D eigenvalue weighted by Gasteiger charge is 2.23. The Labute approximate surface area is 148 Å². The van der Waals surface area contributed by atoms with E-state index in [1.807, 2.05) is 24.3 Å². The van der Waals surface area contributed by atoms with E-state index in [-0.39, 0.29) is 12.4 Å². The number of hydrogen-bond donors (Lipinski definition) is 1. The number of nitrogens with two attached hydrogens (primary N) is 1. The zero-order chi connectivity index (χ0) is 16.1. The van der Waals surface area contributed by atoms with Gasteiger partial charge in [-0.15, -0.1) is 12.4 Å². The van der Waals surface area contributed by atoms with Gasteiger partial charge in [0.15, 0.2) is 0 Å². The molecule has 2 aromatic rings. The molecule has 1 aliphatic rings. The number of rotatable bonds is 6. The number of hydrogen-bond acceptors (Lipinski definition) is 6.